The van der Waals surface area contributed by atoms with Gasteiger partial charge in [-0.2, -0.15) is 5.10 Å². The molecule has 2 N–H and O–H groups in total. The van der Waals surface area contributed by atoms with Crippen LogP contribution in [0.1, 0.15) is 15.9 Å². The van der Waals surface area contributed by atoms with Gasteiger partial charge in [-0.05, 0) is 35.7 Å². The number of hydrogen-bond acceptors (Lipinski definition) is 2. The van der Waals surface area contributed by atoms with Crippen molar-refractivity contribution in [2.75, 3.05) is 5.32 Å². The lowest BCUT2D eigenvalue weighted by Crippen LogP contribution is -2.14. The number of halogens is 1. The molecule has 3 rings (SSSR count). The van der Waals surface area contributed by atoms with Crippen LogP contribution in [0.4, 0.5) is 10.1 Å². The maximum Gasteiger partial charge on any atom is 0.258 e. The molecule has 0 atom stereocenters. The number of H-pyrrole nitrogens is 1. The Hall–Kier alpha value is -2.95. The molecule has 2 aromatic carbocycles. The molecule has 0 spiro atoms. The van der Waals surface area contributed by atoms with Gasteiger partial charge in [-0.1, -0.05) is 30.3 Å². The number of nitrogens with zero attached hydrogens (tertiary/aromatic N) is 1. The zero-order valence-electron chi connectivity index (χ0n) is 11.9. The lowest BCUT2D eigenvalue weighted by molar-refractivity contribution is 0.102. The molecule has 3 aromatic rings. The van der Waals surface area contributed by atoms with Crippen molar-refractivity contribution < 1.29 is 9.18 Å². The molecule has 0 saturated heterocycles. The summed E-state index contributed by atoms with van der Waals surface area (Å²) in [6.07, 6.45) is 2.99. The SMILES string of the molecule is Cc1cc(-c2ccccc2)cc(C(=O)Nc2cn[nH]c2)c1F. The summed E-state index contributed by atoms with van der Waals surface area (Å²) in [5.74, 6) is -1.01. The third-order valence-corrected chi connectivity index (χ3v) is 3.36. The van der Waals surface area contributed by atoms with E-state index < -0.39 is 11.7 Å². The number of amides is 1. The highest BCUT2D eigenvalue weighted by Crippen LogP contribution is 2.25. The normalized spacial score (nSPS) is 10.5. The topological polar surface area (TPSA) is 57.8 Å². The Labute approximate surface area is 127 Å². The van der Waals surface area contributed by atoms with E-state index in [1.165, 1.54) is 12.4 Å². The summed E-state index contributed by atoms with van der Waals surface area (Å²) in [5.41, 5.74) is 2.67. The molecule has 1 amide bonds. The molecular formula is C17H14FN3O. The molecule has 0 saturated carbocycles. The number of aromatic amines is 1. The van der Waals surface area contributed by atoms with Crippen molar-refractivity contribution in [2.45, 2.75) is 6.92 Å². The Kier molecular flexibility index (Phi) is 3.70. The summed E-state index contributed by atoms with van der Waals surface area (Å²) < 4.78 is 14.3. The van der Waals surface area contributed by atoms with Gasteiger partial charge < -0.3 is 5.32 Å². The highest BCUT2D eigenvalue weighted by Gasteiger charge is 2.16. The Bertz CT molecular complexity index is 798. The average Bonchev–Trinajstić information content (AvgIpc) is 3.03. The predicted octanol–water partition coefficient (Wildman–Crippen LogP) is 3.78. The van der Waals surface area contributed by atoms with Crippen LogP contribution < -0.4 is 5.32 Å². The van der Waals surface area contributed by atoms with Gasteiger partial charge in [-0.15, -0.1) is 0 Å². The smallest absolute Gasteiger partial charge is 0.258 e. The number of carbonyl (C=O) groups is 1. The quantitative estimate of drug-likeness (QED) is 0.772. The van der Waals surface area contributed by atoms with Gasteiger partial charge in [-0.25, -0.2) is 4.39 Å². The molecule has 1 aromatic heterocycles. The van der Waals surface area contributed by atoms with E-state index >= 15 is 0 Å². The molecule has 0 aliphatic carbocycles. The molecule has 22 heavy (non-hydrogen) atoms. The van der Waals surface area contributed by atoms with Crippen LogP contribution >= 0.6 is 0 Å². The number of rotatable bonds is 3. The summed E-state index contributed by atoms with van der Waals surface area (Å²) in [7, 11) is 0. The summed E-state index contributed by atoms with van der Waals surface area (Å²) in [6.45, 7) is 1.65. The molecule has 0 radical (unpaired) electrons. The fraction of sp³-hybridized carbons (Fsp3) is 0.0588. The van der Waals surface area contributed by atoms with Crippen LogP contribution in [-0.4, -0.2) is 16.1 Å². The maximum atomic E-state index is 14.3. The lowest BCUT2D eigenvalue weighted by Gasteiger charge is -2.10. The van der Waals surface area contributed by atoms with Crippen molar-refractivity contribution in [1.29, 1.82) is 0 Å². The molecule has 0 aliphatic heterocycles. The summed E-state index contributed by atoms with van der Waals surface area (Å²) in [6, 6.07) is 12.9. The second kappa shape index (κ2) is 5.81. The van der Waals surface area contributed by atoms with E-state index in [0.29, 0.717) is 11.3 Å². The fourth-order valence-electron chi connectivity index (χ4n) is 2.25. The van der Waals surface area contributed by atoms with E-state index in [9.17, 15) is 9.18 Å². The fourth-order valence-corrected chi connectivity index (χ4v) is 2.25. The van der Waals surface area contributed by atoms with E-state index in [-0.39, 0.29) is 5.56 Å². The van der Waals surface area contributed by atoms with Crippen LogP contribution in [0, 0.1) is 12.7 Å². The molecule has 5 heteroatoms. The highest BCUT2D eigenvalue weighted by molar-refractivity contribution is 6.05. The number of hydrogen-bond donors (Lipinski definition) is 2. The van der Waals surface area contributed by atoms with Crippen molar-refractivity contribution in [1.82, 2.24) is 10.2 Å². The van der Waals surface area contributed by atoms with Crippen LogP contribution in [0.5, 0.6) is 0 Å². The number of anilines is 1. The third-order valence-electron chi connectivity index (χ3n) is 3.36. The molecule has 0 aliphatic rings. The molecule has 0 bridgehead atoms. The Morgan fingerprint density at radius 3 is 2.64 bits per heavy atom. The zero-order valence-corrected chi connectivity index (χ0v) is 11.9. The zero-order chi connectivity index (χ0) is 15.5. The summed E-state index contributed by atoms with van der Waals surface area (Å²) in [4.78, 5) is 12.3. The van der Waals surface area contributed by atoms with E-state index in [2.05, 4.69) is 15.5 Å². The summed E-state index contributed by atoms with van der Waals surface area (Å²) >= 11 is 0. The van der Waals surface area contributed by atoms with Gasteiger partial charge in [0.25, 0.3) is 5.91 Å². The summed E-state index contributed by atoms with van der Waals surface area (Å²) in [5, 5.41) is 8.94. The van der Waals surface area contributed by atoms with E-state index in [1.807, 2.05) is 30.3 Å². The number of carbonyl (C=O) groups excluding carboxylic acids is 1. The maximum absolute atomic E-state index is 14.3. The molecule has 0 fully saturated rings. The lowest BCUT2D eigenvalue weighted by atomic mass is 9.99. The number of nitrogens with one attached hydrogen (secondary N) is 2. The van der Waals surface area contributed by atoms with Gasteiger partial charge in [0.1, 0.15) is 5.82 Å². The minimum Gasteiger partial charge on any atom is -0.319 e. The first kappa shape index (κ1) is 14.0. The standard InChI is InChI=1S/C17H14FN3O/c1-11-7-13(12-5-3-2-4-6-12)8-15(16(11)18)17(22)21-14-9-19-20-10-14/h2-10H,1H3,(H,19,20)(H,21,22). The van der Waals surface area contributed by atoms with E-state index in [1.54, 1.807) is 19.1 Å². The minimum atomic E-state index is -0.513. The third kappa shape index (κ3) is 2.74. The van der Waals surface area contributed by atoms with Crippen LogP contribution in [0.2, 0.25) is 0 Å². The molecular weight excluding hydrogens is 281 g/mol. The number of aromatic nitrogens is 2. The van der Waals surface area contributed by atoms with Gasteiger partial charge >= 0.3 is 0 Å². The van der Waals surface area contributed by atoms with Crippen molar-refractivity contribution in [3.05, 3.63) is 71.8 Å². The van der Waals surface area contributed by atoms with Gasteiger partial charge in [0.05, 0.1) is 17.4 Å². The van der Waals surface area contributed by atoms with Crippen LogP contribution in [0.15, 0.2) is 54.9 Å². The van der Waals surface area contributed by atoms with Gasteiger partial charge in [-0.3, -0.25) is 9.89 Å². The first-order valence-electron chi connectivity index (χ1n) is 6.81. The molecule has 0 unspecified atom stereocenters. The minimum absolute atomic E-state index is 0.0139. The van der Waals surface area contributed by atoms with Gasteiger partial charge in [0.2, 0.25) is 0 Å². The van der Waals surface area contributed by atoms with Crippen LogP contribution in [0.25, 0.3) is 11.1 Å². The number of aryl methyl sites for hydroxylation is 1. The monoisotopic (exact) mass is 295 g/mol. The van der Waals surface area contributed by atoms with Crippen molar-refractivity contribution in [3.8, 4) is 11.1 Å². The Morgan fingerprint density at radius 1 is 1.18 bits per heavy atom. The van der Waals surface area contributed by atoms with E-state index in [4.69, 9.17) is 0 Å². The average molecular weight is 295 g/mol. The Morgan fingerprint density at radius 2 is 1.95 bits per heavy atom. The molecule has 110 valence electrons. The first-order chi connectivity index (χ1) is 10.6. The predicted molar refractivity (Wildman–Crippen MR) is 83.1 cm³/mol. The second-order valence-corrected chi connectivity index (χ2v) is 4.96. The van der Waals surface area contributed by atoms with Crippen LogP contribution in [0.3, 0.4) is 0 Å². The molecule has 4 nitrogen and oxygen atoms in total. The van der Waals surface area contributed by atoms with Gasteiger partial charge in [0, 0.05) is 6.20 Å². The number of benzene rings is 2. The van der Waals surface area contributed by atoms with Crippen molar-refractivity contribution in [3.63, 3.8) is 0 Å². The van der Waals surface area contributed by atoms with Crippen LogP contribution in [-0.2, 0) is 0 Å². The second-order valence-electron chi connectivity index (χ2n) is 4.96. The largest absolute Gasteiger partial charge is 0.319 e. The van der Waals surface area contributed by atoms with Crippen molar-refractivity contribution in [2.24, 2.45) is 0 Å². The molecule has 1 heterocycles. The highest BCUT2D eigenvalue weighted by atomic mass is 19.1. The Balaban J connectivity index is 2.00. The van der Waals surface area contributed by atoms with Crippen molar-refractivity contribution >= 4 is 11.6 Å². The van der Waals surface area contributed by atoms with Gasteiger partial charge in [0.15, 0.2) is 0 Å². The van der Waals surface area contributed by atoms with E-state index in [0.717, 1.165) is 11.1 Å². The first-order valence-corrected chi connectivity index (χ1v) is 6.81.